The van der Waals surface area contributed by atoms with Crippen molar-refractivity contribution in [3.05, 3.63) is 23.7 Å². The van der Waals surface area contributed by atoms with Gasteiger partial charge >= 0.3 is 5.97 Å². The van der Waals surface area contributed by atoms with Crippen LogP contribution in [0.25, 0.3) is 6.08 Å². The van der Waals surface area contributed by atoms with Crippen LogP contribution < -0.4 is 4.90 Å². The molecule has 0 aliphatic carbocycles. The van der Waals surface area contributed by atoms with E-state index in [4.69, 9.17) is 4.74 Å². The Kier molecular flexibility index (Phi) is 3.68. The molecule has 3 heterocycles. The van der Waals surface area contributed by atoms with E-state index in [1.54, 1.807) is 18.5 Å². The van der Waals surface area contributed by atoms with Gasteiger partial charge in [0.1, 0.15) is 0 Å². The molecule has 22 heavy (non-hydrogen) atoms. The average Bonchev–Trinajstić information content (AvgIpc) is 3.10. The lowest BCUT2D eigenvalue weighted by molar-refractivity contribution is -0.130. The first-order valence-electron chi connectivity index (χ1n) is 7.53. The van der Waals surface area contributed by atoms with E-state index in [1.807, 2.05) is 20.8 Å². The van der Waals surface area contributed by atoms with E-state index in [-0.39, 0.29) is 5.41 Å². The Bertz CT molecular complexity index is 635. The van der Waals surface area contributed by atoms with Gasteiger partial charge in [-0.2, -0.15) is 0 Å². The number of anilines is 1. The molecule has 0 N–H and O–H groups in total. The summed E-state index contributed by atoms with van der Waals surface area (Å²) in [4.78, 5) is 27.0. The number of aromatic nitrogens is 2. The first-order valence-corrected chi connectivity index (χ1v) is 7.53. The second-order valence-electron chi connectivity index (χ2n) is 6.60. The van der Waals surface area contributed by atoms with Crippen molar-refractivity contribution in [2.45, 2.75) is 33.6 Å². The van der Waals surface area contributed by atoms with Gasteiger partial charge in [-0.3, -0.25) is 0 Å². The van der Waals surface area contributed by atoms with E-state index in [9.17, 15) is 4.79 Å². The molecular formula is C16H20N4O2. The zero-order valence-electron chi connectivity index (χ0n) is 13.2. The maximum Gasteiger partial charge on any atom is 0.363 e. The summed E-state index contributed by atoms with van der Waals surface area (Å²) < 4.78 is 5.21. The van der Waals surface area contributed by atoms with Crippen molar-refractivity contribution in [1.29, 1.82) is 0 Å². The maximum absolute atomic E-state index is 11.9. The predicted octanol–water partition coefficient (Wildman–Crippen LogP) is 2.42. The summed E-state index contributed by atoms with van der Waals surface area (Å²) in [6.45, 7) is 7.88. The van der Waals surface area contributed by atoms with Gasteiger partial charge in [0.05, 0.1) is 0 Å². The highest BCUT2D eigenvalue weighted by Gasteiger charge is 2.31. The first-order chi connectivity index (χ1) is 10.4. The van der Waals surface area contributed by atoms with E-state index in [0.29, 0.717) is 11.6 Å². The fourth-order valence-electron chi connectivity index (χ4n) is 2.37. The van der Waals surface area contributed by atoms with Crippen LogP contribution in [0, 0.1) is 5.41 Å². The number of carbonyl (C=O) groups is 1. The van der Waals surface area contributed by atoms with Crippen molar-refractivity contribution in [2.75, 3.05) is 18.0 Å². The van der Waals surface area contributed by atoms with E-state index in [2.05, 4.69) is 19.9 Å². The van der Waals surface area contributed by atoms with E-state index in [0.717, 1.165) is 24.6 Å². The molecular weight excluding hydrogens is 280 g/mol. The number of hydrogen-bond acceptors (Lipinski definition) is 6. The lowest BCUT2D eigenvalue weighted by Gasteiger charge is -2.15. The second kappa shape index (κ2) is 5.51. The molecule has 1 aromatic rings. The lowest BCUT2D eigenvalue weighted by atomic mass is 9.97. The number of carbonyl (C=O) groups excluding carboxylic acids is 1. The van der Waals surface area contributed by atoms with E-state index in [1.165, 1.54) is 12.8 Å². The standard InChI is InChI=1S/C16H20N4O2/c1-16(2,3)14-19-12(13(21)22-14)8-11-9-17-15(18-10-11)20-6-4-5-7-20/h8-10H,4-7H2,1-3H3/b12-8-. The second-order valence-corrected chi connectivity index (χ2v) is 6.60. The van der Waals surface area contributed by atoms with Gasteiger partial charge in [-0.1, -0.05) is 20.8 Å². The zero-order valence-corrected chi connectivity index (χ0v) is 13.2. The minimum absolute atomic E-state index is 0.290. The molecule has 0 aromatic carbocycles. The summed E-state index contributed by atoms with van der Waals surface area (Å²) in [7, 11) is 0. The topological polar surface area (TPSA) is 67.7 Å². The number of hydrogen-bond donors (Lipinski definition) is 0. The third-order valence-electron chi connectivity index (χ3n) is 3.61. The van der Waals surface area contributed by atoms with Crippen molar-refractivity contribution in [3.8, 4) is 0 Å². The highest BCUT2D eigenvalue weighted by atomic mass is 16.6. The van der Waals surface area contributed by atoms with Crippen molar-refractivity contribution >= 4 is 23.9 Å². The summed E-state index contributed by atoms with van der Waals surface area (Å²) in [5.41, 5.74) is 0.748. The molecule has 0 amide bonds. The lowest BCUT2D eigenvalue weighted by Crippen LogP contribution is -2.21. The van der Waals surface area contributed by atoms with Crippen LogP contribution in [0.2, 0.25) is 0 Å². The number of aliphatic imine (C=N–C) groups is 1. The quantitative estimate of drug-likeness (QED) is 0.620. The summed E-state index contributed by atoms with van der Waals surface area (Å²) >= 11 is 0. The van der Waals surface area contributed by atoms with Gasteiger partial charge in [0.15, 0.2) is 5.70 Å². The smallest absolute Gasteiger partial charge is 0.363 e. The average molecular weight is 300 g/mol. The molecule has 0 atom stereocenters. The fourth-order valence-corrected chi connectivity index (χ4v) is 2.37. The molecule has 116 valence electrons. The van der Waals surface area contributed by atoms with Gasteiger partial charge in [-0.15, -0.1) is 0 Å². The minimum atomic E-state index is -0.423. The Balaban J connectivity index is 1.80. The summed E-state index contributed by atoms with van der Waals surface area (Å²) in [5, 5.41) is 0. The summed E-state index contributed by atoms with van der Waals surface area (Å²) in [5.74, 6) is 0.763. The normalized spacial score (nSPS) is 20.5. The molecule has 6 nitrogen and oxygen atoms in total. The third kappa shape index (κ3) is 3.00. The molecule has 6 heteroatoms. The van der Waals surface area contributed by atoms with Crippen molar-refractivity contribution in [3.63, 3.8) is 0 Å². The minimum Gasteiger partial charge on any atom is -0.406 e. The van der Waals surface area contributed by atoms with Crippen LogP contribution in [0.4, 0.5) is 5.95 Å². The van der Waals surface area contributed by atoms with Crippen LogP contribution in [0.15, 0.2) is 23.1 Å². The number of esters is 1. The Labute approximate surface area is 129 Å². The Morgan fingerprint density at radius 1 is 1.18 bits per heavy atom. The van der Waals surface area contributed by atoms with Gasteiger partial charge in [0.25, 0.3) is 0 Å². The van der Waals surface area contributed by atoms with Gasteiger partial charge in [-0.25, -0.2) is 19.8 Å². The van der Waals surface area contributed by atoms with Gasteiger partial charge in [0, 0.05) is 36.5 Å². The van der Waals surface area contributed by atoms with E-state index < -0.39 is 5.97 Å². The summed E-state index contributed by atoms with van der Waals surface area (Å²) in [6.07, 6.45) is 7.46. The molecule has 3 rings (SSSR count). The van der Waals surface area contributed by atoms with Gasteiger partial charge in [0.2, 0.25) is 11.8 Å². The van der Waals surface area contributed by atoms with Crippen LogP contribution in [-0.4, -0.2) is 34.9 Å². The molecule has 2 aliphatic rings. The highest BCUT2D eigenvalue weighted by Crippen LogP contribution is 2.25. The van der Waals surface area contributed by atoms with Gasteiger partial charge < -0.3 is 9.64 Å². The maximum atomic E-state index is 11.9. The monoisotopic (exact) mass is 300 g/mol. The number of rotatable bonds is 2. The number of nitrogens with zero attached hydrogens (tertiary/aromatic N) is 4. The molecule has 0 radical (unpaired) electrons. The van der Waals surface area contributed by atoms with Crippen LogP contribution in [0.5, 0.6) is 0 Å². The molecule has 0 spiro atoms. The van der Waals surface area contributed by atoms with Crippen LogP contribution in [0.3, 0.4) is 0 Å². The molecule has 1 fully saturated rings. The highest BCUT2D eigenvalue weighted by molar-refractivity contribution is 6.08. The Morgan fingerprint density at radius 2 is 1.82 bits per heavy atom. The van der Waals surface area contributed by atoms with Crippen molar-refractivity contribution in [2.24, 2.45) is 10.4 Å². The largest absolute Gasteiger partial charge is 0.406 e. The third-order valence-corrected chi connectivity index (χ3v) is 3.61. The van der Waals surface area contributed by atoms with Crippen LogP contribution >= 0.6 is 0 Å². The molecule has 0 unspecified atom stereocenters. The SMILES string of the molecule is CC(C)(C)C1=N/C(=C\c2cnc(N3CCCC3)nc2)C(=O)O1. The molecule has 1 aromatic heterocycles. The Hall–Kier alpha value is -2.24. The number of ether oxygens (including phenoxy) is 1. The molecule has 1 saturated heterocycles. The first kappa shape index (κ1) is 14.7. The Morgan fingerprint density at radius 3 is 2.36 bits per heavy atom. The van der Waals surface area contributed by atoms with E-state index >= 15 is 0 Å². The summed E-state index contributed by atoms with van der Waals surface area (Å²) in [6, 6.07) is 0. The molecule has 2 aliphatic heterocycles. The van der Waals surface area contributed by atoms with Crippen molar-refractivity contribution in [1.82, 2.24) is 9.97 Å². The molecule has 0 saturated carbocycles. The molecule has 0 bridgehead atoms. The van der Waals surface area contributed by atoms with Crippen LogP contribution in [0.1, 0.15) is 39.2 Å². The van der Waals surface area contributed by atoms with Crippen LogP contribution in [-0.2, 0) is 9.53 Å². The fraction of sp³-hybridized carbons (Fsp3) is 0.500. The zero-order chi connectivity index (χ0) is 15.7. The van der Waals surface area contributed by atoms with Gasteiger partial charge in [-0.05, 0) is 18.9 Å². The van der Waals surface area contributed by atoms with Crippen molar-refractivity contribution < 1.29 is 9.53 Å². The predicted molar refractivity (Wildman–Crippen MR) is 84.4 cm³/mol. The number of cyclic esters (lactones) is 1.